The Kier molecular flexibility index (Phi) is 8.66. The van der Waals surface area contributed by atoms with Gasteiger partial charge >= 0.3 is 5.97 Å². The van der Waals surface area contributed by atoms with Gasteiger partial charge in [0.25, 0.3) is 0 Å². The van der Waals surface area contributed by atoms with E-state index in [1.54, 1.807) is 11.9 Å². The average molecular weight is 700 g/mol. The number of ether oxygens (including phenoxy) is 2. The van der Waals surface area contributed by atoms with Crippen LogP contribution in [0.2, 0.25) is 0 Å². The molecule has 4 aliphatic carbocycles. The molecule has 2 aromatic heterocycles. The summed E-state index contributed by atoms with van der Waals surface area (Å²) >= 11 is 0. The maximum Gasteiger partial charge on any atom is 0.307 e. The molecule has 2 aromatic rings. The molecule has 278 valence electrons. The zero-order valence-corrected chi connectivity index (χ0v) is 32.0. The van der Waals surface area contributed by atoms with Crippen molar-refractivity contribution >= 4 is 5.97 Å². The van der Waals surface area contributed by atoms with Gasteiger partial charge in [-0.15, -0.1) is 0 Å². The lowest BCUT2D eigenvalue weighted by Crippen LogP contribution is -2.69. The highest BCUT2D eigenvalue weighted by atomic mass is 16.5. The Bertz CT molecular complexity index is 1650. The Labute approximate surface area is 304 Å². The third-order valence-corrected chi connectivity index (χ3v) is 16.6. The smallest absolute Gasteiger partial charge is 0.307 e. The van der Waals surface area contributed by atoms with E-state index in [0.29, 0.717) is 49.5 Å². The van der Waals surface area contributed by atoms with Gasteiger partial charge in [0.1, 0.15) is 6.33 Å². The Morgan fingerprint density at radius 1 is 1.08 bits per heavy atom. The lowest BCUT2D eigenvalue weighted by Gasteiger charge is -2.71. The maximum atomic E-state index is 13.5. The van der Waals surface area contributed by atoms with Crippen LogP contribution in [0.15, 0.2) is 42.5 Å². The summed E-state index contributed by atoms with van der Waals surface area (Å²) < 4.78 is 16.1. The van der Waals surface area contributed by atoms with Crippen molar-refractivity contribution in [3.05, 3.63) is 42.5 Å². The first-order valence-corrected chi connectivity index (χ1v) is 20.0. The fourth-order valence-electron chi connectivity index (χ4n) is 13.4. The molecule has 0 radical (unpaired) electrons. The number of nitrogens with one attached hydrogen (secondary N) is 1. The van der Waals surface area contributed by atoms with Crippen molar-refractivity contribution in [2.45, 2.75) is 118 Å². The highest BCUT2D eigenvalue weighted by Crippen LogP contribution is 2.75. The maximum absolute atomic E-state index is 13.5. The summed E-state index contributed by atoms with van der Waals surface area (Å²) in [6, 6.07) is 4.38. The lowest BCUT2D eigenvalue weighted by atomic mass is 9.34. The van der Waals surface area contributed by atoms with Crippen molar-refractivity contribution in [2.75, 3.05) is 26.4 Å². The van der Waals surface area contributed by atoms with Crippen molar-refractivity contribution in [2.24, 2.45) is 56.7 Å². The number of hydrogen-bond donors (Lipinski definition) is 2. The van der Waals surface area contributed by atoms with Crippen LogP contribution in [0.25, 0.3) is 11.4 Å². The Morgan fingerprint density at radius 3 is 2.57 bits per heavy atom. The summed E-state index contributed by atoms with van der Waals surface area (Å²) in [7, 11) is 0. The Hall–Kier alpha value is -2.62. The number of carboxylic acids is 1. The van der Waals surface area contributed by atoms with Crippen LogP contribution in [-0.4, -0.2) is 69.3 Å². The van der Waals surface area contributed by atoms with Gasteiger partial charge in [-0.25, -0.2) is 9.67 Å². The number of aliphatic carboxylic acids is 1. The molecule has 4 heterocycles. The molecule has 2 bridgehead atoms. The lowest BCUT2D eigenvalue weighted by molar-refractivity contribution is -0.250. The number of pyridine rings is 1. The van der Waals surface area contributed by atoms with Crippen LogP contribution in [0, 0.1) is 56.7 Å². The van der Waals surface area contributed by atoms with Gasteiger partial charge in [-0.05, 0) is 110 Å². The molecule has 0 unspecified atom stereocenters. The van der Waals surface area contributed by atoms with Crippen LogP contribution in [0.1, 0.15) is 106 Å². The highest BCUT2D eigenvalue weighted by molar-refractivity contribution is 5.73. The van der Waals surface area contributed by atoms with Gasteiger partial charge in [0, 0.05) is 34.8 Å². The van der Waals surface area contributed by atoms with Crippen LogP contribution >= 0.6 is 0 Å². The number of rotatable bonds is 8. The minimum Gasteiger partial charge on any atom is -0.481 e. The first-order valence-electron chi connectivity index (χ1n) is 20.0. The van der Waals surface area contributed by atoms with E-state index in [9.17, 15) is 9.90 Å². The quantitative estimate of drug-likeness (QED) is 0.271. The molecular formula is C42H61N5O4. The number of nitrogens with zero attached hydrogens (tertiary/aromatic N) is 4. The zero-order chi connectivity index (χ0) is 36.0. The molecule has 9 nitrogen and oxygen atoms in total. The second kappa shape index (κ2) is 12.5. The zero-order valence-electron chi connectivity index (χ0n) is 32.0. The number of allylic oxidation sites excluding steroid dienone is 1. The third-order valence-electron chi connectivity index (χ3n) is 16.6. The molecule has 0 aromatic carbocycles. The molecule has 0 amide bonds. The molecule has 5 fully saturated rings. The molecular weight excluding hydrogens is 638 g/mol. The Balaban J connectivity index is 1.23. The van der Waals surface area contributed by atoms with Crippen molar-refractivity contribution in [1.82, 2.24) is 25.1 Å². The van der Waals surface area contributed by atoms with Gasteiger partial charge in [0.05, 0.1) is 37.9 Å². The van der Waals surface area contributed by atoms with E-state index in [4.69, 9.17) is 19.6 Å². The first-order chi connectivity index (χ1) is 24.3. The third kappa shape index (κ3) is 5.02. The molecule has 2 saturated heterocycles. The fourth-order valence-corrected chi connectivity index (χ4v) is 13.4. The summed E-state index contributed by atoms with van der Waals surface area (Å²) in [5.41, 5.74) is 1.41. The summed E-state index contributed by atoms with van der Waals surface area (Å²) in [4.78, 5) is 22.6. The number of aromatic nitrogens is 4. The first kappa shape index (κ1) is 35.4. The van der Waals surface area contributed by atoms with E-state index >= 15 is 0 Å². The molecule has 12 atom stereocenters. The van der Waals surface area contributed by atoms with Crippen molar-refractivity contribution < 1.29 is 19.4 Å². The van der Waals surface area contributed by atoms with Crippen LogP contribution in [-0.2, 0) is 14.3 Å². The largest absolute Gasteiger partial charge is 0.481 e. The number of fused-ring (bicyclic) bond motifs is 3. The molecule has 2 aliphatic heterocycles. The molecule has 8 rings (SSSR count). The number of carboxylic acid groups (broad SMARTS) is 1. The Morgan fingerprint density at radius 2 is 1.86 bits per heavy atom. The van der Waals surface area contributed by atoms with Crippen LogP contribution < -0.4 is 5.32 Å². The van der Waals surface area contributed by atoms with E-state index in [1.165, 1.54) is 6.42 Å². The van der Waals surface area contributed by atoms with E-state index in [0.717, 1.165) is 62.9 Å². The van der Waals surface area contributed by atoms with Crippen molar-refractivity contribution in [3.8, 4) is 11.4 Å². The average Bonchev–Trinajstić information content (AvgIpc) is 3.81. The van der Waals surface area contributed by atoms with Crippen LogP contribution in [0.4, 0.5) is 0 Å². The normalized spacial score (nSPS) is 43.9. The standard InChI is InChI=1S/C42H61N5O4/c1-26(2)27(3)38(4)16-17-40(6)30-10-11-33-39(5)23-50-24-42(33,31(30)12-15-41(40,7)34(38)37(48)49)21-32(35(39)51-22-29-9-8-18-44-29)47-36(45-25-46-47)28-13-19-43-20-14-28/h12-14,19-20,25-27,29-30,32-35,44H,8-11,15-18,21-24H2,1-7H3,(H,48,49)/t27-,29-,30+,32-,33+,34-,35+,38-,39+,40-,41+,42+/m1/s1. The molecule has 3 saturated carbocycles. The molecule has 9 heteroatoms. The number of carbonyl (C=O) groups is 1. The molecule has 51 heavy (non-hydrogen) atoms. The second-order valence-corrected chi connectivity index (χ2v) is 18.9. The minimum absolute atomic E-state index is 0.0312. The van der Waals surface area contributed by atoms with Gasteiger partial charge in [0.15, 0.2) is 5.82 Å². The minimum atomic E-state index is -0.611. The predicted molar refractivity (Wildman–Crippen MR) is 197 cm³/mol. The molecule has 6 aliphatic rings. The van der Waals surface area contributed by atoms with Gasteiger partial charge in [0.2, 0.25) is 0 Å². The van der Waals surface area contributed by atoms with E-state index in [2.05, 4.69) is 69.5 Å². The van der Waals surface area contributed by atoms with Gasteiger partial charge in [-0.2, -0.15) is 5.10 Å². The van der Waals surface area contributed by atoms with E-state index in [-0.39, 0.29) is 39.2 Å². The summed E-state index contributed by atoms with van der Waals surface area (Å²) in [6.07, 6.45) is 16.0. The van der Waals surface area contributed by atoms with Crippen molar-refractivity contribution in [1.29, 1.82) is 0 Å². The fraction of sp³-hybridized carbons (Fsp3) is 0.762. The van der Waals surface area contributed by atoms with Gasteiger partial charge in [-0.3, -0.25) is 9.78 Å². The van der Waals surface area contributed by atoms with E-state index in [1.807, 2.05) is 24.5 Å². The van der Waals surface area contributed by atoms with Gasteiger partial charge in [-0.1, -0.05) is 60.1 Å². The van der Waals surface area contributed by atoms with Crippen LogP contribution in [0.3, 0.4) is 0 Å². The van der Waals surface area contributed by atoms with Gasteiger partial charge < -0.3 is 19.9 Å². The van der Waals surface area contributed by atoms with Crippen LogP contribution in [0.5, 0.6) is 0 Å². The van der Waals surface area contributed by atoms with E-state index < -0.39 is 11.9 Å². The highest BCUT2D eigenvalue weighted by Gasteiger charge is 2.72. The summed E-state index contributed by atoms with van der Waals surface area (Å²) in [6.45, 7) is 19.5. The molecule has 2 N–H and O–H groups in total. The topological polar surface area (TPSA) is 111 Å². The summed E-state index contributed by atoms with van der Waals surface area (Å²) in [5, 5.41) is 19.8. The SMILES string of the molecule is CC(C)[C@@H](C)[C@@]1(C)CC[C@]2(C)[C@H]3CC[C@@H]4[C@@]5(COC[C@]4(C)[C@@H](OC[C@H]4CCCN4)[C@H](n4ncnc4-c4ccncc4)C5)C3=CC[C@@]2(C)[C@@H]1C(=O)O. The predicted octanol–water partition coefficient (Wildman–Crippen LogP) is 7.61. The monoisotopic (exact) mass is 699 g/mol. The second-order valence-electron chi connectivity index (χ2n) is 18.9. The number of hydrogen-bond acceptors (Lipinski definition) is 7. The van der Waals surface area contributed by atoms with Crippen molar-refractivity contribution in [3.63, 3.8) is 0 Å². The molecule has 0 spiro atoms. The summed E-state index contributed by atoms with van der Waals surface area (Å²) in [5.74, 6) is 1.31.